The quantitative estimate of drug-likeness (QED) is 0.130. The summed E-state index contributed by atoms with van der Waals surface area (Å²) in [6, 6.07) is 17.3. The number of nitrogens with one attached hydrogen (secondary N) is 1. The van der Waals surface area contributed by atoms with Crippen LogP contribution in [-0.2, 0) is 32.1 Å². The van der Waals surface area contributed by atoms with Gasteiger partial charge in [0, 0.05) is 40.7 Å². The lowest BCUT2D eigenvalue weighted by Gasteiger charge is -2.28. The largest absolute Gasteiger partial charge is 0.755 e. The summed E-state index contributed by atoms with van der Waals surface area (Å²) >= 11 is -2.00. The number of amides is 1. The SMILES string of the molecule is CCOC(=O)CN(CCN(c1nc(-c2ccccc2)c(C(=O)c2ccccc2)s1)S(=O)[O-])C(=O)Cn1cc(C)c(=O)[nH]c1=O. The average molecular weight is 639 g/mol. The number of hydrogen-bond donors (Lipinski definition) is 1. The summed E-state index contributed by atoms with van der Waals surface area (Å²) in [5.74, 6) is -1.78. The van der Waals surface area contributed by atoms with Crippen LogP contribution in [0.5, 0.6) is 0 Å². The van der Waals surface area contributed by atoms with E-state index in [1.54, 1.807) is 67.6 Å². The molecule has 0 fully saturated rings. The average Bonchev–Trinajstić information content (AvgIpc) is 3.45. The second-order valence-corrected chi connectivity index (χ2v) is 11.2. The van der Waals surface area contributed by atoms with Crippen LogP contribution in [0.4, 0.5) is 5.13 Å². The molecule has 1 atom stereocenters. The van der Waals surface area contributed by atoms with Gasteiger partial charge in [0.05, 0.1) is 18.8 Å². The van der Waals surface area contributed by atoms with Gasteiger partial charge in [-0.1, -0.05) is 72.0 Å². The predicted octanol–water partition coefficient (Wildman–Crippen LogP) is 1.89. The highest BCUT2D eigenvalue weighted by atomic mass is 32.2. The first-order chi connectivity index (χ1) is 21.1. The van der Waals surface area contributed by atoms with Crippen molar-refractivity contribution in [3.8, 4) is 11.3 Å². The molecule has 2 heterocycles. The monoisotopic (exact) mass is 638 g/mol. The fourth-order valence-corrected chi connectivity index (χ4v) is 5.84. The molecule has 0 saturated carbocycles. The van der Waals surface area contributed by atoms with Gasteiger partial charge in [-0.25, -0.2) is 9.78 Å². The molecule has 0 aliphatic rings. The predicted molar refractivity (Wildman–Crippen MR) is 163 cm³/mol. The first-order valence-electron chi connectivity index (χ1n) is 13.4. The molecule has 0 bridgehead atoms. The molecule has 0 spiro atoms. The Morgan fingerprint density at radius 3 is 2.34 bits per heavy atom. The van der Waals surface area contributed by atoms with Gasteiger partial charge in [0.2, 0.25) is 11.7 Å². The van der Waals surface area contributed by atoms with Gasteiger partial charge >= 0.3 is 11.7 Å². The molecule has 44 heavy (non-hydrogen) atoms. The Kier molecular flexibility index (Phi) is 10.7. The standard InChI is InChI=1S/C29H29N5O8S2/c1-3-42-23(36)18-32(22(35)17-33-16-19(2)27(38)31-28(33)39)14-15-34(44(40)41)29-30-24(20-10-6-4-7-11-20)26(43-29)25(37)21-12-8-5-9-13-21/h4-13,16H,3,14-15,17-18H2,1-2H3,(H,40,41)(H,31,38,39)/p-1. The van der Waals surface area contributed by atoms with Gasteiger partial charge in [0.25, 0.3) is 5.56 Å². The van der Waals surface area contributed by atoms with E-state index in [0.29, 0.717) is 16.8 Å². The van der Waals surface area contributed by atoms with Gasteiger partial charge in [-0.05, 0) is 13.8 Å². The molecule has 15 heteroatoms. The third-order valence-corrected chi connectivity index (χ3v) is 8.25. The van der Waals surface area contributed by atoms with E-state index in [9.17, 15) is 32.7 Å². The van der Waals surface area contributed by atoms with Crippen molar-refractivity contribution in [3.05, 3.63) is 104 Å². The first-order valence-corrected chi connectivity index (χ1v) is 15.2. The summed E-state index contributed by atoms with van der Waals surface area (Å²) in [7, 11) is 0. The maximum Gasteiger partial charge on any atom is 0.328 e. The van der Waals surface area contributed by atoms with Crippen LogP contribution in [0.25, 0.3) is 11.3 Å². The van der Waals surface area contributed by atoms with Gasteiger partial charge in [-0.15, -0.1) is 0 Å². The maximum absolute atomic E-state index is 13.5. The number of benzene rings is 2. The zero-order chi connectivity index (χ0) is 31.8. The molecule has 4 rings (SSSR count). The van der Waals surface area contributed by atoms with Gasteiger partial charge < -0.3 is 14.2 Å². The molecule has 4 aromatic rings. The van der Waals surface area contributed by atoms with E-state index in [1.807, 2.05) is 0 Å². The Morgan fingerprint density at radius 2 is 1.70 bits per heavy atom. The minimum Gasteiger partial charge on any atom is -0.755 e. The van der Waals surface area contributed by atoms with E-state index in [2.05, 4.69) is 9.97 Å². The van der Waals surface area contributed by atoms with Crippen molar-refractivity contribution >= 4 is 45.4 Å². The lowest BCUT2D eigenvalue weighted by atomic mass is 10.1. The summed E-state index contributed by atoms with van der Waals surface area (Å²) in [5.41, 5.74) is 0.0711. The normalized spacial score (nSPS) is 11.5. The number of thiazole rings is 1. The maximum atomic E-state index is 13.5. The Labute approximate surface area is 258 Å². The lowest BCUT2D eigenvalue weighted by molar-refractivity contribution is -0.149. The molecule has 2 aromatic heterocycles. The Morgan fingerprint density at radius 1 is 1.05 bits per heavy atom. The number of nitrogens with zero attached hydrogens (tertiary/aromatic N) is 4. The molecule has 1 amide bonds. The van der Waals surface area contributed by atoms with Crippen LogP contribution in [-0.4, -0.2) is 72.1 Å². The van der Waals surface area contributed by atoms with Gasteiger partial charge in [0.15, 0.2) is 5.13 Å². The number of rotatable bonds is 13. The Bertz CT molecular complexity index is 1790. The number of aryl methyl sites for hydroxylation is 1. The topological polar surface area (TPSA) is 175 Å². The van der Waals surface area contributed by atoms with Crippen LogP contribution in [0.3, 0.4) is 0 Å². The van der Waals surface area contributed by atoms with E-state index in [4.69, 9.17) is 4.74 Å². The van der Waals surface area contributed by atoms with E-state index < -0.39 is 47.5 Å². The summed E-state index contributed by atoms with van der Waals surface area (Å²) in [4.78, 5) is 70.9. The summed E-state index contributed by atoms with van der Waals surface area (Å²) in [5, 5.41) is -0.0209. The Hall–Kier alpha value is -4.73. The van der Waals surface area contributed by atoms with E-state index >= 15 is 0 Å². The van der Waals surface area contributed by atoms with Crippen molar-refractivity contribution in [1.82, 2.24) is 19.4 Å². The van der Waals surface area contributed by atoms with Crippen LogP contribution < -0.4 is 15.6 Å². The number of hydrogen-bond acceptors (Lipinski definition) is 10. The van der Waals surface area contributed by atoms with Gasteiger partial charge in [-0.2, -0.15) is 0 Å². The first kappa shape index (κ1) is 32.2. The van der Waals surface area contributed by atoms with Crippen LogP contribution in [0.15, 0.2) is 76.4 Å². The molecule has 0 radical (unpaired) electrons. The third kappa shape index (κ3) is 7.80. The molecule has 13 nitrogen and oxygen atoms in total. The zero-order valence-corrected chi connectivity index (χ0v) is 25.4. The molecule has 230 valence electrons. The molecule has 0 aliphatic heterocycles. The van der Waals surface area contributed by atoms with Crippen molar-refractivity contribution < 1.29 is 27.9 Å². The van der Waals surface area contributed by atoms with Gasteiger partial charge in [-0.3, -0.25) is 37.2 Å². The Balaban J connectivity index is 1.65. The van der Waals surface area contributed by atoms with Crippen molar-refractivity contribution in [2.75, 3.05) is 30.5 Å². The van der Waals surface area contributed by atoms with Crippen molar-refractivity contribution in [1.29, 1.82) is 0 Å². The molecule has 1 unspecified atom stereocenters. The molecule has 0 aliphatic carbocycles. The van der Waals surface area contributed by atoms with Crippen molar-refractivity contribution in [2.24, 2.45) is 0 Å². The summed E-state index contributed by atoms with van der Waals surface area (Å²) in [6.07, 6.45) is 1.21. The van der Waals surface area contributed by atoms with E-state index in [0.717, 1.165) is 25.1 Å². The number of carbonyl (C=O) groups is 3. The number of aromatic amines is 1. The van der Waals surface area contributed by atoms with Gasteiger partial charge in [0.1, 0.15) is 18.0 Å². The number of carbonyl (C=O) groups excluding carboxylic acids is 3. The smallest absolute Gasteiger partial charge is 0.328 e. The molecular weight excluding hydrogens is 610 g/mol. The van der Waals surface area contributed by atoms with Crippen LogP contribution in [0, 0.1) is 6.92 Å². The molecule has 2 aromatic carbocycles. The summed E-state index contributed by atoms with van der Waals surface area (Å²) in [6.45, 7) is 1.44. The fourth-order valence-electron chi connectivity index (χ4n) is 4.16. The second kappa shape index (κ2) is 14.6. The van der Waals surface area contributed by atoms with Crippen LogP contribution in [0.2, 0.25) is 0 Å². The fraction of sp³-hybridized carbons (Fsp3) is 0.241. The highest BCUT2D eigenvalue weighted by Crippen LogP contribution is 2.35. The van der Waals surface area contributed by atoms with E-state index in [1.165, 1.54) is 13.1 Å². The molecule has 1 N–H and O–H groups in total. The number of ether oxygens (including phenoxy) is 1. The molecular formula is C29H28N5O8S2-. The van der Waals surface area contributed by atoms with Crippen molar-refractivity contribution in [2.45, 2.75) is 20.4 Å². The summed E-state index contributed by atoms with van der Waals surface area (Å²) < 4.78 is 31.7. The number of aromatic nitrogens is 3. The number of H-pyrrole nitrogens is 1. The highest BCUT2D eigenvalue weighted by molar-refractivity contribution is 7.80. The van der Waals surface area contributed by atoms with E-state index in [-0.39, 0.29) is 41.1 Å². The van der Waals surface area contributed by atoms with Crippen LogP contribution in [0.1, 0.15) is 27.7 Å². The number of ketones is 1. The number of esters is 1. The lowest BCUT2D eigenvalue weighted by Crippen LogP contribution is -2.45. The second-order valence-electron chi connectivity index (χ2n) is 9.37. The van der Waals surface area contributed by atoms with Crippen molar-refractivity contribution in [3.63, 3.8) is 0 Å². The number of anilines is 1. The minimum absolute atomic E-state index is 0.0209. The van der Waals surface area contributed by atoms with Crippen LogP contribution >= 0.6 is 11.3 Å². The molecule has 0 saturated heterocycles. The third-order valence-electron chi connectivity index (χ3n) is 6.34. The highest BCUT2D eigenvalue weighted by Gasteiger charge is 2.26. The zero-order valence-electron chi connectivity index (χ0n) is 23.8. The minimum atomic E-state index is -2.89.